The van der Waals surface area contributed by atoms with Gasteiger partial charge in [0.15, 0.2) is 0 Å². The molecule has 0 aromatic carbocycles. The molecule has 8 heteroatoms. The Labute approximate surface area is 156 Å². The fourth-order valence-electron chi connectivity index (χ4n) is 4.09. The van der Waals surface area contributed by atoms with E-state index in [-0.39, 0.29) is 17.3 Å². The maximum Gasteiger partial charge on any atom is 0.246 e. The average Bonchev–Trinajstić information content (AvgIpc) is 2.89. The summed E-state index contributed by atoms with van der Waals surface area (Å²) in [6.45, 7) is 8.42. The van der Waals surface area contributed by atoms with Crippen molar-refractivity contribution in [2.45, 2.75) is 64.3 Å². The van der Waals surface area contributed by atoms with Crippen LogP contribution in [0.15, 0.2) is 4.90 Å². The molecule has 2 aliphatic rings. The fourth-order valence-corrected chi connectivity index (χ4v) is 5.98. The van der Waals surface area contributed by atoms with Gasteiger partial charge in [-0.15, -0.1) is 0 Å². The fraction of sp³-hybridized carbons (Fsp3) is 0.778. The third kappa shape index (κ3) is 3.81. The number of carbonyl (C=O) groups is 1. The van der Waals surface area contributed by atoms with Crippen LogP contribution in [0.4, 0.5) is 0 Å². The van der Waals surface area contributed by atoms with E-state index >= 15 is 0 Å². The van der Waals surface area contributed by atoms with Gasteiger partial charge in [0.25, 0.3) is 0 Å². The predicted octanol–water partition coefficient (Wildman–Crippen LogP) is 1.93. The van der Waals surface area contributed by atoms with Gasteiger partial charge in [-0.1, -0.05) is 13.3 Å². The van der Waals surface area contributed by atoms with Crippen molar-refractivity contribution in [3.8, 4) is 0 Å². The maximum atomic E-state index is 13.0. The standard InChI is InChI=1S/C18H30N4O3S/c1-14-8-7-9-20(12-14)17(23)13-22-16(3)18(15(2)19-22)26(24,25)21-10-5-4-6-11-21/h14H,4-13H2,1-3H3/t14-/m1/s1. The van der Waals surface area contributed by atoms with E-state index in [2.05, 4.69) is 12.0 Å². The lowest BCUT2D eigenvalue weighted by molar-refractivity contribution is -0.133. The lowest BCUT2D eigenvalue weighted by Crippen LogP contribution is -2.41. The highest BCUT2D eigenvalue weighted by atomic mass is 32.2. The van der Waals surface area contributed by atoms with Gasteiger partial charge >= 0.3 is 0 Å². The highest BCUT2D eigenvalue weighted by Gasteiger charge is 2.32. The Bertz CT molecular complexity index is 766. The number of hydrogen-bond donors (Lipinski definition) is 0. The topological polar surface area (TPSA) is 75.5 Å². The van der Waals surface area contributed by atoms with Gasteiger partial charge in [-0.05, 0) is 45.4 Å². The second-order valence-electron chi connectivity index (χ2n) is 7.71. The molecule has 2 saturated heterocycles. The van der Waals surface area contributed by atoms with E-state index in [9.17, 15) is 13.2 Å². The van der Waals surface area contributed by atoms with Gasteiger partial charge in [-0.2, -0.15) is 9.40 Å². The van der Waals surface area contributed by atoms with Crippen molar-refractivity contribution in [3.05, 3.63) is 11.4 Å². The number of aromatic nitrogens is 2. The normalized spacial score (nSPS) is 22.6. The van der Waals surface area contributed by atoms with Crippen LogP contribution in [0.3, 0.4) is 0 Å². The Morgan fingerprint density at radius 1 is 1.12 bits per heavy atom. The van der Waals surface area contributed by atoms with E-state index in [1.165, 1.54) is 0 Å². The van der Waals surface area contributed by atoms with Crippen LogP contribution in [0.2, 0.25) is 0 Å². The van der Waals surface area contributed by atoms with E-state index in [0.29, 0.717) is 30.4 Å². The number of amides is 1. The Morgan fingerprint density at radius 3 is 2.46 bits per heavy atom. The summed E-state index contributed by atoms with van der Waals surface area (Å²) in [5.41, 5.74) is 1.04. The molecule has 1 atom stereocenters. The lowest BCUT2D eigenvalue weighted by Gasteiger charge is -2.31. The molecule has 1 amide bonds. The highest BCUT2D eigenvalue weighted by Crippen LogP contribution is 2.26. The Morgan fingerprint density at radius 2 is 1.81 bits per heavy atom. The minimum atomic E-state index is -3.55. The summed E-state index contributed by atoms with van der Waals surface area (Å²) in [5.74, 6) is 0.535. The van der Waals surface area contributed by atoms with Crippen molar-refractivity contribution in [2.75, 3.05) is 26.2 Å². The van der Waals surface area contributed by atoms with Gasteiger partial charge in [-0.25, -0.2) is 8.42 Å². The first-order valence-electron chi connectivity index (χ1n) is 9.62. The van der Waals surface area contributed by atoms with Crippen molar-refractivity contribution in [2.24, 2.45) is 5.92 Å². The van der Waals surface area contributed by atoms with Crippen molar-refractivity contribution in [1.82, 2.24) is 19.0 Å². The molecule has 1 aromatic heterocycles. The van der Waals surface area contributed by atoms with Crippen LogP contribution < -0.4 is 0 Å². The molecule has 146 valence electrons. The first-order chi connectivity index (χ1) is 12.3. The van der Waals surface area contributed by atoms with Crippen LogP contribution in [0.1, 0.15) is 50.4 Å². The molecule has 26 heavy (non-hydrogen) atoms. The summed E-state index contributed by atoms with van der Waals surface area (Å²) in [5, 5.41) is 4.39. The number of carbonyl (C=O) groups excluding carboxylic acids is 1. The molecule has 0 spiro atoms. The van der Waals surface area contributed by atoms with E-state index in [1.807, 2.05) is 4.90 Å². The van der Waals surface area contributed by atoms with Gasteiger partial charge in [-0.3, -0.25) is 9.48 Å². The molecule has 0 saturated carbocycles. The summed E-state index contributed by atoms with van der Waals surface area (Å²) in [4.78, 5) is 14.8. The van der Waals surface area contributed by atoms with E-state index < -0.39 is 10.0 Å². The van der Waals surface area contributed by atoms with Crippen LogP contribution in [-0.4, -0.2) is 59.5 Å². The summed E-state index contributed by atoms with van der Waals surface area (Å²) in [6, 6.07) is 0. The number of hydrogen-bond acceptors (Lipinski definition) is 4. The van der Waals surface area contributed by atoms with Gasteiger partial charge < -0.3 is 4.90 Å². The molecule has 0 radical (unpaired) electrons. The monoisotopic (exact) mass is 382 g/mol. The predicted molar refractivity (Wildman–Crippen MR) is 99.3 cm³/mol. The molecular formula is C18H30N4O3S. The third-order valence-electron chi connectivity index (χ3n) is 5.52. The Hall–Kier alpha value is -1.41. The van der Waals surface area contributed by atoms with E-state index in [4.69, 9.17) is 0 Å². The molecule has 0 unspecified atom stereocenters. The minimum Gasteiger partial charge on any atom is -0.341 e. The first-order valence-corrected chi connectivity index (χ1v) is 11.1. The average molecular weight is 383 g/mol. The zero-order chi connectivity index (χ0) is 18.9. The number of nitrogens with zero attached hydrogens (tertiary/aromatic N) is 4. The van der Waals surface area contributed by atoms with Crippen molar-refractivity contribution < 1.29 is 13.2 Å². The van der Waals surface area contributed by atoms with Crippen LogP contribution in [0, 0.1) is 19.8 Å². The van der Waals surface area contributed by atoms with Gasteiger partial charge in [0, 0.05) is 26.2 Å². The van der Waals surface area contributed by atoms with Crippen LogP contribution in [0.25, 0.3) is 0 Å². The number of rotatable bonds is 4. The molecule has 2 fully saturated rings. The molecule has 3 heterocycles. The number of sulfonamides is 1. The molecule has 7 nitrogen and oxygen atoms in total. The summed E-state index contributed by atoms with van der Waals surface area (Å²) in [6.07, 6.45) is 5.06. The maximum absolute atomic E-state index is 13.0. The zero-order valence-corrected chi connectivity index (χ0v) is 16.9. The molecule has 3 rings (SSSR count). The van der Waals surface area contributed by atoms with Crippen LogP contribution in [-0.2, 0) is 21.4 Å². The highest BCUT2D eigenvalue weighted by molar-refractivity contribution is 7.89. The number of aryl methyl sites for hydroxylation is 1. The third-order valence-corrected chi connectivity index (χ3v) is 7.67. The lowest BCUT2D eigenvalue weighted by atomic mass is 10.0. The Kier molecular flexibility index (Phi) is 5.72. The molecule has 1 aromatic rings. The Balaban J connectivity index is 1.80. The van der Waals surface area contributed by atoms with Crippen molar-refractivity contribution >= 4 is 15.9 Å². The second-order valence-corrected chi connectivity index (χ2v) is 9.58. The van der Waals surface area contributed by atoms with E-state index in [0.717, 1.165) is 45.2 Å². The first kappa shape index (κ1) is 19.4. The van der Waals surface area contributed by atoms with Crippen LogP contribution in [0.5, 0.6) is 0 Å². The minimum absolute atomic E-state index is 0.0177. The van der Waals surface area contributed by atoms with Gasteiger partial charge in [0.1, 0.15) is 11.4 Å². The van der Waals surface area contributed by atoms with E-state index in [1.54, 1.807) is 22.8 Å². The smallest absolute Gasteiger partial charge is 0.246 e. The SMILES string of the molecule is Cc1nn(CC(=O)N2CCC[C@@H](C)C2)c(C)c1S(=O)(=O)N1CCCCC1. The quantitative estimate of drug-likeness (QED) is 0.797. The van der Waals surface area contributed by atoms with Gasteiger partial charge in [0.2, 0.25) is 15.9 Å². The summed E-state index contributed by atoms with van der Waals surface area (Å²) < 4.78 is 29.2. The second kappa shape index (κ2) is 7.68. The molecule has 0 N–H and O–H groups in total. The zero-order valence-electron chi connectivity index (χ0n) is 16.1. The van der Waals surface area contributed by atoms with Gasteiger partial charge in [0.05, 0.1) is 11.4 Å². The molecule has 0 aliphatic carbocycles. The molecular weight excluding hydrogens is 352 g/mol. The molecule has 0 bridgehead atoms. The number of likely N-dealkylation sites (tertiary alicyclic amines) is 1. The van der Waals surface area contributed by atoms with Crippen molar-refractivity contribution in [1.29, 1.82) is 0 Å². The summed E-state index contributed by atoms with van der Waals surface area (Å²) in [7, 11) is -3.55. The largest absolute Gasteiger partial charge is 0.341 e. The van der Waals surface area contributed by atoms with Crippen LogP contribution >= 0.6 is 0 Å². The summed E-state index contributed by atoms with van der Waals surface area (Å²) >= 11 is 0. The number of piperidine rings is 2. The van der Waals surface area contributed by atoms with Crippen molar-refractivity contribution in [3.63, 3.8) is 0 Å². The molecule has 2 aliphatic heterocycles.